The van der Waals surface area contributed by atoms with Gasteiger partial charge in [-0.05, 0) is 68.1 Å². The van der Waals surface area contributed by atoms with Crippen LogP contribution in [0.15, 0.2) is 200 Å². The third-order valence-electron chi connectivity index (χ3n) is 13.1. The van der Waals surface area contributed by atoms with Crippen molar-refractivity contribution in [1.29, 1.82) is 0 Å². The van der Waals surface area contributed by atoms with Crippen LogP contribution < -0.4 is 20.7 Å². The van der Waals surface area contributed by atoms with Gasteiger partial charge in [-0.1, -0.05) is 184 Å². The molecule has 0 unspecified atom stereocenters. The van der Waals surface area contributed by atoms with Crippen molar-refractivity contribution in [3.63, 3.8) is 0 Å². The number of benzene rings is 8. The predicted octanol–water partition coefficient (Wildman–Crippen LogP) is 10.6. The first kappa shape index (κ1) is 33.9. The van der Waals surface area contributed by atoms with Gasteiger partial charge in [-0.2, -0.15) is 0 Å². The van der Waals surface area contributed by atoms with Crippen molar-refractivity contribution in [3.05, 3.63) is 211 Å². The maximum absolute atomic E-state index is 5.61. The van der Waals surface area contributed by atoms with Crippen molar-refractivity contribution >= 4 is 50.6 Å². The highest BCUT2D eigenvalue weighted by Crippen LogP contribution is 2.53. The van der Waals surface area contributed by atoms with Gasteiger partial charge in [0.1, 0.15) is 0 Å². The van der Waals surface area contributed by atoms with Crippen LogP contribution in [0.5, 0.6) is 0 Å². The molecule has 0 radical (unpaired) electrons. The van der Waals surface area contributed by atoms with Gasteiger partial charge in [-0.25, -0.2) is 9.97 Å². The van der Waals surface area contributed by atoms with Crippen LogP contribution in [0.2, 0.25) is 0 Å². The molecule has 0 spiro atoms. The van der Waals surface area contributed by atoms with Crippen molar-refractivity contribution in [2.75, 3.05) is 0 Å². The molecule has 2 aromatic heterocycles. The molecule has 0 N–H and O–H groups in total. The molecule has 0 saturated carbocycles. The van der Waals surface area contributed by atoms with Gasteiger partial charge in [-0.15, -0.1) is 0 Å². The molecule has 4 heteroatoms. The minimum atomic E-state index is -2.85. The zero-order valence-corrected chi connectivity index (χ0v) is 33.9. The van der Waals surface area contributed by atoms with Gasteiger partial charge >= 0.3 is 0 Å². The largest absolute Gasteiger partial charge is 0.309 e. The first-order chi connectivity index (χ1) is 29.0. The molecule has 3 heterocycles. The molecule has 0 amide bonds. The highest BCUT2D eigenvalue weighted by molar-refractivity contribution is 7.22. The van der Waals surface area contributed by atoms with Crippen LogP contribution >= 0.6 is 0 Å². The minimum Gasteiger partial charge on any atom is -0.309 e. The van der Waals surface area contributed by atoms with E-state index in [-0.39, 0.29) is 5.41 Å². The molecular weight excluding hydrogens is 731 g/mol. The zero-order valence-electron chi connectivity index (χ0n) is 32.9. The third kappa shape index (κ3) is 4.69. The van der Waals surface area contributed by atoms with Crippen LogP contribution in [0.25, 0.3) is 72.5 Å². The Balaban J connectivity index is 1.09. The minimum absolute atomic E-state index is 0.155. The standard InChI is InChI=1S/C55H39N3Si/c1-55(2)46-27-15-12-24-41(46)43-34-35-44-42-25-13-16-28-47(42)58(52(44)49(43)55)38-32-30-37(31-33-38)54-56-50(36-18-6-3-7-19-36)53-51(57-54)45-26-14-17-29-48(45)59(53,39-20-8-4-9-21-39)40-22-10-5-11-23-40/h3-35H,1-2H3. The molecule has 1 aliphatic carbocycles. The monoisotopic (exact) mass is 769 g/mol. The number of aromatic nitrogens is 3. The van der Waals surface area contributed by atoms with E-state index in [2.05, 4.69) is 219 Å². The van der Waals surface area contributed by atoms with Crippen LogP contribution in [0, 0.1) is 0 Å². The smallest absolute Gasteiger partial charge is 0.185 e. The Morgan fingerprint density at radius 1 is 0.458 bits per heavy atom. The molecule has 12 rings (SSSR count). The van der Waals surface area contributed by atoms with E-state index in [0.29, 0.717) is 0 Å². The van der Waals surface area contributed by atoms with E-state index in [9.17, 15) is 0 Å². The average molecular weight is 770 g/mol. The van der Waals surface area contributed by atoms with E-state index >= 15 is 0 Å². The van der Waals surface area contributed by atoms with Crippen molar-refractivity contribution in [1.82, 2.24) is 14.5 Å². The van der Waals surface area contributed by atoms with Gasteiger partial charge in [0.05, 0.1) is 22.4 Å². The molecule has 8 aromatic carbocycles. The Bertz CT molecular complexity index is 3240. The van der Waals surface area contributed by atoms with Crippen molar-refractivity contribution < 1.29 is 0 Å². The third-order valence-corrected chi connectivity index (χ3v) is 17.9. The van der Waals surface area contributed by atoms with Gasteiger partial charge in [0.25, 0.3) is 0 Å². The summed E-state index contributed by atoms with van der Waals surface area (Å²) in [5.41, 5.74) is 14.2. The summed E-state index contributed by atoms with van der Waals surface area (Å²) in [4.78, 5) is 11.2. The van der Waals surface area contributed by atoms with Gasteiger partial charge in [0, 0.05) is 43.8 Å². The zero-order chi connectivity index (χ0) is 39.3. The van der Waals surface area contributed by atoms with Gasteiger partial charge in [-0.3, -0.25) is 0 Å². The van der Waals surface area contributed by atoms with Crippen LogP contribution in [0.4, 0.5) is 0 Å². The van der Waals surface area contributed by atoms with Crippen LogP contribution in [-0.4, -0.2) is 22.6 Å². The SMILES string of the molecule is CC1(C)c2ccccc2-c2ccc3c4ccccc4n(-c4ccc(-c5nc(-c6ccccc6)c6c(n5)-c5ccccc5[Si]6(c5ccccc5)c5ccccc5)cc4)c3c21. The molecule has 278 valence electrons. The molecular formula is C55H39N3Si. The van der Waals surface area contributed by atoms with Gasteiger partial charge < -0.3 is 4.57 Å². The fraction of sp³-hybridized carbons (Fsp3) is 0.0545. The number of nitrogens with zero attached hydrogens (tertiary/aromatic N) is 3. The summed E-state index contributed by atoms with van der Waals surface area (Å²) >= 11 is 0. The van der Waals surface area contributed by atoms with E-state index in [0.717, 1.165) is 34.0 Å². The highest BCUT2D eigenvalue weighted by Gasteiger charge is 2.51. The second-order valence-corrected chi connectivity index (χ2v) is 20.2. The summed E-state index contributed by atoms with van der Waals surface area (Å²) < 4.78 is 2.48. The molecule has 0 saturated heterocycles. The second-order valence-electron chi connectivity index (χ2n) is 16.5. The normalized spacial score (nSPS) is 14.2. The van der Waals surface area contributed by atoms with E-state index in [1.807, 2.05) is 0 Å². The number of hydrogen-bond donors (Lipinski definition) is 0. The maximum atomic E-state index is 5.61. The molecule has 10 aromatic rings. The van der Waals surface area contributed by atoms with Gasteiger partial charge in [0.15, 0.2) is 13.9 Å². The first-order valence-electron chi connectivity index (χ1n) is 20.5. The van der Waals surface area contributed by atoms with Crippen molar-refractivity contribution in [2.24, 2.45) is 0 Å². The Morgan fingerprint density at radius 3 is 1.78 bits per heavy atom. The lowest BCUT2D eigenvalue weighted by Gasteiger charge is -2.32. The Labute approximate surface area is 345 Å². The first-order valence-corrected chi connectivity index (χ1v) is 22.5. The molecule has 3 nitrogen and oxygen atoms in total. The van der Waals surface area contributed by atoms with E-state index in [1.165, 1.54) is 70.4 Å². The number of rotatable bonds is 5. The summed E-state index contributed by atoms with van der Waals surface area (Å²) in [7, 11) is -2.85. The fourth-order valence-corrected chi connectivity index (χ4v) is 15.8. The summed E-state index contributed by atoms with van der Waals surface area (Å²) in [5.74, 6) is 0.731. The Kier molecular flexibility index (Phi) is 7.29. The average Bonchev–Trinajstić information content (AvgIpc) is 3.88. The molecule has 0 bridgehead atoms. The summed E-state index contributed by atoms with van der Waals surface area (Å²) in [6.07, 6.45) is 0. The van der Waals surface area contributed by atoms with Crippen LogP contribution in [0.3, 0.4) is 0 Å². The molecule has 1 aliphatic heterocycles. The van der Waals surface area contributed by atoms with Crippen LogP contribution in [-0.2, 0) is 5.41 Å². The van der Waals surface area contributed by atoms with E-state index in [4.69, 9.17) is 9.97 Å². The van der Waals surface area contributed by atoms with Gasteiger partial charge in [0.2, 0.25) is 0 Å². The predicted molar refractivity (Wildman–Crippen MR) is 247 cm³/mol. The maximum Gasteiger partial charge on any atom is 0.185 e. The topological polar surface area (TPSA) is 30.7 Å². The second kappa shape index (κ2) is 12.7. The highest BCUT2D eigenvalue weighted by atomic mass is 28.3. The Morgan fingerprint density at radius 2 is 1.05 bits per heavy atom. The van der Waals surface area contributed by atoms with Crippen molar-refractivity contribution in [3.8, 4) is 50.7 Å². The molecule has 0 atom stereocenters. The van der Waals surface area contributed by atoms with E-state index in [1.54, 1.807) is 0 Å². The molecule has 59 heavy (non-hydrogen) atoms. The summed E-state index contributed by atoms with van der Waals surface area (Å²) in [5, 5.41) is 7.82. The van der Waals surface area contributed by atoms with E-state index < -0.39 is 8.07 Å². The quantitative estimate of drug-likeness (QED) is 0.163. The van der Waals surface area contributed by atoms with Crippen molar-refractivity contribution in [2.45, 2.75) is 19.3 Å². The summed E-state index contributed by atoms with van der Waals surface area (Å²) in [6, 6.07) is 73.3. The molecule has 0 fully saturated rings. The Hall–Kier alpha value is -7.14. The lowest BCUT2D eigenvalue weighted by Crippen LogP contribution is -2.73. The van der Waals surface area contributed by atoms with Crippen LogP contribution in [0.1, 0.15) is 25.0 Å². The number of para-hydroxylation sites is 1. The lowest BCUT2D eigenvalue weighted by atomic mass is 9.81. The summed E-state index contributed by atoms with van der Waals surface area (Å²) in [6.45, 7) is 4.76. The lowest BCUT2D eigenvalue weighted by molar-refractivity contribution is 0.664. The number of fused-ring (bicyclic) bond motifs is 10. The fourth-order valence-electron chi connectivity index (χ4n) is 10.6. The number of hydrogen-bond acceptors (Lipinski definition) is 2. The molecule has 2 aliphatic rings.